The van der Waals surface area contributed by atoms with Crippen molar-refractivity contribution in [1.82, 2.24) is 48.2 Å². The van der Waals surface area contributed by atoms with E-state index < -0.39 is 0 Å². The van der Waals surface area contributed by atoms with Crippen LogP contribution >= 0.6 is 0 Å². The van der Waals surface area contributed by atoms with Gasteiger partial charge in [0.05, 0.1) is 44.1 Å². The number of nitrogens with zero attached hydrogens (tertiary/aromatic N) is 10. The molecule has 6 aromatic heterocycles. The first kappa shape index (κ1) is 66.9. The molecule has 0 fully saturated rings. The number of aromatic nitrogens is 10. The van der Waals surface area contributed by atoms with Crippen LogP contribution in [0.1, 0.15) is 11.1 Å². The predicted octanol–water partition coefficient (Wildman–Crippen LogP) is 26.1. The highest BCUT2D eigenvalue weighted by Gasteiger charge is 2.22. The Balaban J connectivity index is 0.000000143. The first-order valence-corrected chi connectivity index (χ1v) is 38.6. The summed E-state index contributed by atoms with van der Waals surface area (Å²) in [5.74, 6) is 3.86. The minimum atomic E-state index is 0.631. The van der Waals surface area contributed by atoms with Gasteiger partial charge in [-0.2, -0.15) is 0 Å². The maximum absolute atomic E-state index is 5.02. The van der Waals surface area contributed by atoms with Crippen LogP contribution in [0, 0.1) is 13.8 Å². The zero-order chi connectivity index (χ0) is 75.7. The van der Waals surface area contributed by atoms with E-state index >= 15 is 0 Å². The van der Waals surface area contributed by atoms with Crippen LogP contribution < -0.4 is 0 Å². The Morgan fingerprint density at radius 2 is 0.404 bits per heavy atom. The third-order valence-electron chi connectivity index (χ3n) is 22.2. The molecule has 0 amide bonds. The Morgan fingerprint density at radius 3 is 0.746 bits per heavy atom. The molecule has 536 valence electrons. The van der Waals surface area contributed by atoms with E-state index in [4.69, 9.17) is 29.9 Å². The average molecular weight is 1460 g/mol. The molecule has 0 aliphatic heterocycles. The number of hydrogen-bond acceptors (Lipinski definition) is 6. The van der Waals surface area contributed by atoms with E-state index in [9.17, 15) is 0 Å². The van der Waals surface area contributed by atoms with Gasteiger partial charge in [-0.3, -0.25) is 0 Å². The molecule has 16 aromatic carbocycles. The van der Waals surface area contributed by atoms with Gasteiger partial charge < -0.3 is 18.3 Å². The van der Waals surface area contributed by atoms with Crippen molar-refractivity contribution >= 4 is 87.2 Å². The second-order valence-electron chi connectivity index (χ2n) is 29.1. The van der Waals surface area contributed by atoms with Crippen molar-refractivity contribution in [1.29, 1.82) is 0 Å². The molecule has 0 radical (unpaired) electrons. The number of para-hydroxylation sites is 6. The predicted molar refractivity (Wildman–Crippen MR) is 470 cm³/mol. The van der Waals surface area contributed by atoms with Crippen molar-refractivity contribution in [3.05, 3.63) is 399 Å². The maximum Gasteiger partial charge on any atom is 0.164 e. The Kier molecular flexibility index (Phi) is 16.4. The molecule has 22 rings (SSSR count). The smallest absolute Gasteiger partial charge is 0.164 e. The van der Waals surface area contributed by atoms with Gasteiger partial charge >= 0.3 is 0 Å². The molecule has 0 unspecified atom stereocenters. The molecule has 0 saturated heterocycles. The first-order chi connectivity index (χ1) is 56.3. The van der Waals surface area contributed by atoms with Gasteiger partial charge in [0.1, 0.15) is 0 Å². The normalized spacial score (nSPS) is 11.6. The summed E-state index contributed by atoms with van der Waals surface area (Å²) in [6, 6.07) is 137. The lowest BCUT2D eigenvalue weighted by atomic mass is 10.0. The van der Waals surface area contributed by atoms with E-state index in [1.54, 1.807) is 0 Å². The molecule has 114 heavy (non-hydrogen) atoms. The third kappa shape index (κ3) is 11.7. The highest BCUT2D eigenvalue weighted by molar-refractivity contribution is 6.15. The molecular formula is C104H70N10. The minimum absolute atomic E-state index is 0.631. The number of rotatable bonds is 12. The van der Waals surface area contributed by atoms with Crippen molar-refractivity contribution in [3.63, 3.8) is 0 Å². The molecule has 0 bridgehead atoms. The molecule has 0 N–H and O–H groups in total. The minimum Gasteiger partial charge on any atom is -0.309 e. The zero-order valence-corrected chi connectivity index (χ0v) is 62.4. The fourth-order valence-corrected chi connectivity index (χ4v) is 16.7. The zero-order valence-electron chi connectivity index (χ0n) is 62.4. The Bertz CT molecular complexity index is 7370. The molecule has 0 aliphatic rings. The van der Waals surface area contributed by atoms with Gasteiger partial charge in [-0.05, 0) is 169 Å². The van der Waals surface area contributed by atoms with Crippen LogP contribution in [0.3, 0.4) is 0 Å². The molecular weight excluding hydrogens is 1390 g/mol. The van der Waals surface area contributed by atoms with E-state index in [1.807, 2.05) is 121 Å². The van der Waals surface area contributed by atoms with Gasteiger partial charge in [0.2, 0.25) is 0 Å². The molecule has 10 heteroatoms. The molecule has 22 aromatic rings. The highest BCUT2D eigenvalue weighted by Crippen LogP contribution is 2.43. The van der Waals surface area contributed by atoms with Crippen molar-refractivity contribution in [2.75, 3.05) is 0 Å². The van der Waals surface area contributed by atoms with Crippen LogP contribution in [-0.2, 0) is 0 Å². The van der Waals surface area contributed by atoms with Gasteiger partial charge in [-0.15, -0.1) is 0 Å². The summed E-state index contributed by atoms with van der Waals surface area (Å²) in [5, 5.41) is 9.83. The van der Waals surface area contributed by atoms with Gasteiger partial charge in [0.25, 0.3) is 0 Å². The van der Waals surface area contributed by atoms with Crippen LogP contribution in [-0.4, -0.2) is 48.2 Å². The number of aryl methyl sites for hydroxylation is 2. The van der Waals surface area contributed by atoms with Gasteiger partial charge in [-0.25, -0.2) is 29.9 Å². The summed E-state index contributed by atoms with van der Waals surface area (Å²) in [5.41, 5.74) is 26.9. The van der Waals surface area contributed by atoms with E-state index in [2.05, 4.69) is 299 Å². The van der Waals surface area contributed by atoms with E-state index in [0.717, 1.165) is 66.8 Å². The van der Waals surface area contributed by atoms with Gasteiger partial charge in [0, 0.05) is 99.2 Å². The van der Waals surface area contributed by atoms with Crippen molar-refractivity contribution in [2.45, 2.75) is 13.8 Å². The van der Waals surface area contributed by atoms with Crippen LogP contribution in [0.5, 0.6) is 0 Å². The van der Waals surface area contributed by atoms with E-state index in [-0.39, 0.29) is 0 Å². The third-order valence-corrected chi connectivity index (χ3v) is 22.2. The van der Waals surface area contributed by atoms with Crippen LogP contribution in [0.4, 0.5) is 0 Å². The lowest BCUT2D eigenvalue weighted by Crippen LogP contribution is -2.01. The lowest BCUT2D eigenvalue weighted by molar-refractivity contribution is 1.07. The molecule has 10 nitrogen and oxygen atoms in total. The van der Waals surface area contributed by atoms with Crippen molar-refractivity contribution in [2.24, 2.45) is 0 Å². The van der Waals surface area contributed by atoms with Crippen LogP contribution in [0.25, 0.3) is 201 Å². The Hall–Kier alpha value is -15.3. The molecule has 6 heterocycles. The number of benzene rings is 16. The summed E-state index contributed by atoms with van der Waals surface area (Å²) >= 11 is 0. The standard InChI is InChI=1S/2C52H35N5/c1-34-15-8-11-24-45(34)57-47-26-13-10-23-42(47)44-33-38(28-30-49(44)57)37-27-29-48-43(32-37)41-22-9-12-25-46(41)56(48)40-21-14-20-39(31-40)52-54-50(35-16-4-2-5-17-35)53-51(55-52)36-18-6-3-7-19-36;1-34-14-8-11-21-45(34)57-47-23-13-10-20-42(47)44-33-39(27-31-49(44)57)38-26-30-48-43(32-38)41-19-9-12-22-46(41)56(48)40-28-24-37(25-29-40)52-54-50(35-15-4-2-5-16-35)53-51(55-52)36-17-6-3-7-18-36/h2*2-33H,1H3. The Morgan fingerprint density at radius 1 is 0.158 bits per heavy atom. The fourth-order valence-electron chi connectivity index (χ4n) is 16.7. The molecule has 0 atom stereocenters. The van der Waals surface area contributed by atoms with Gasteiger partial charge in [-0.1, -0.05) is 267 Å². The quantitative estimate of drug-likeness (QED) is 0.121. The summed E-state index contributed by atoms with van der Waals surface area (Å²) in [6.07, 6.45) is 0. The SMILES string of the molecule is Cc1ccccc1-n1c2ccccc2c2cc(-c3ccc4c(c3)c3ccccc3n4-c3ccc(-c4nc(-c5ccccc5)nc(-c5ccccc5)n4)cc3)ccc21.Cc1ccccc1-n1c2ccccc2c2cc(-c3ccc4c(c3)c3ccccc3n4-c3cccc(-c4nc(-c5ccccc5)nc(-c5ccccc5)n4)c3)ccc21. The molecule has 0 spiro atoms. The molecule has 0 aliphatic carbocycles. The Labute approximate surface area is 657 Å². The summed E-state index contributed by atoms with van der Waals surface area (Å²) in [7, 11) is 0. The maximum atomic E-state index is 5.02. The lowest BCUT2D eigenvalue weighted by Gasteiger charge is -2.12. The largest absolute Gasteiger partial charge is 0.309 e. The van der Waals surface area contributed by atoms with Gasteiger partial charge in [0.15, 0.2) is 34.9 Å². The second-order valence-corrected chi connectivity index (χ2v) is 29.1. The fraction of sp³-hybridized carbons (Fsp3) is 0.0192. The van der Waals surface area contributed by atoms with Crippen LogP contribution in [0.2, 0.25) is 0 Å². The molecule has 0 saturated carbocycles. The van der Waals surface area contributed by atoms with Crippen molar-refractivity contribution in [3.8, 4) is 113 Å². The summed E-state index contributed by atoms with van der Waals surface area (Å²) in [4.78, 5) is 29.7. The van der Waals surface area contributed by atoms with Crippen molar-refractivity contribution < 1.29 is 0 Å². The van der Waals surface area contributed by atoms with E-state index in [0.29, 0.717) is 34.9 Å². The second kappa shape index (κ2) is 28.0. The average Bonchev–Trinajstić information content (AvgIpc) is 1.58. The van der Waals surface area contributed by atoms with Crippen LogP contribution in [0.15, 0.2) is 388 Å². The monoisotopic (exact) mass is 1460 g/mol. The summed E-state index contributed by atoms with van der Waals surface area (Å²) in [6.45, 7) is 4.37. The number of fused-ring (bicyclic) bond motifs is 12. The number of hydrogen-bond donors (Lipinski definition) is 0. The summed E-state index contributed by atoms with van der Waals surface area (Å²) < 4.78 is 9.51. The highest BCUT2D eigenvalue weighted by atomic mass is 15.1. The van der Waals surface area contributed by atoms with E-state index in [1.165, 1.54) is 110 Å². The first-order valence-electron chi connectivity index (χ1n) is 38.6. The topological polar surface area (TPSA) is 97.1 Å².